The lowest BCUT2D eigenvalue weighted by molar-refractivity contribution is -0.141. The highest BCUT2D eigenvalue weighted by Gasteiger charge is 2.37. The van der Waals surface area contributed by atoms with E-state index in [1.807, 2.05) is 0 Å². The Kier molecular flexibility index (Phi) is 4.92. The first-order valence-electron chi connectivity index (χ1n) is 6.12. The number of sulfone groups is 1. The van der Waals surface area contributed by atoms with E-state index in [1.54, 1.807) is 13.8 Å². The van der Waals surface area contributed by atoms with Gasteiger partial charge in [0.15, 0.2) is 9.84 Å². The van der Waals surface area contributed by atoms with E-state index in [-0.39, 0.29) is 36.3 Å². The Morgan fingerprint density at radius 3 is 2.47 bits per heavy atom. The lowest BCUT2D eigenvalue weighted by Crippen LogP contribution is -2.57. The van der Waals surface area contributed by atoms with Gasteiger partial charge in [0.2, 0.25) is 5.91 Å². The van der Waals surface area contributed by atoms with Gasteiger partial charge in [0.1, 0.15) is 0 Å². The molecular formula is C11H20N2O5S. The second-order valence-corrected chi connectivity index (χ2v) is 7.40. The Balaban J connectivity index is 2.90. The van der Waals surface area contributed by atoms with Gasteiger partial charge in [-0.2, -0.15) is 0 Å². The molecule has 1 heterocycles. The zero-order valence-electron chi connectivity index (χ0n) is 11.1. The van der Waals surface area contributed by atoms with E-state index < -0.39 is 27.9 Å². The zero-order chi connectivity index (χ0) is 14.8. The van der Waals surface area contributed by atoms with Crippen molar-refractivity contribution in [3.8, 4) is 0 Å². The van der Waals surface area contributed by atoms with Gasteiger partial charge in [-0.05, 0) is 5.92 Å². The molecule has 0 radical (unpaired) electrons. The molecule has 1 saturated heterocycles. The van der Waals surface area contributed by atoms with Crippen molar-refractivity contribution in [3.05, 3.63) is 0 Å². The maximum absolute atomic E-state index is 12.2. The fourth-order valence-electron chi connectivity index (χ4n) is 2.02. The molecule has 0 bridgehead atoms. The third-order valence-corrected chi connectivity index (χ3v) is 4.92. The predicted octanol–water partition coefficient (Wildman–Crippen LogP) is -0.930. The van der Waals surface area contributed by atoms with Crippen molar-refractivity contribution in [2.75, 3.05) is 18.1 Å². The van der Waals surface area contributed by atoms with E-state index in [4.69, 9.17) is 10.8 Å². The molecule has 1 aliphatic rings. The monoisotopic (exact) mass is 292 g/mol. The molecule has 2 atom stereocenters. The van der Waals surface area contributed by atoms with Gasteiger partial charge in [0, 0.05) is 6.54 Å². The van der Waals surface area contributed by atoms with Crippen molar-refractivity contribution >= 4 is 21.7 Å². The minimum Gasteiger partial charge on any atom is -0.481 e. The summed E-state index contributed by atoms with van der Waals surface area (Å²) in [7, 11) is -3.29. The quantitative estimate of drug-likeness (QED) is 0.691. The van der Waals surface area contributed by atoms with Crippen LogP contribution >= 0.6 is 0 Å². The summed E-state index contributed by atoms with van der Waals surface area (Å²) in [5, 5.41) is 8.82. The maximum Gasteiger partial charge on any atom is 0.305 e. The second kappa shape index (κ2) is 5.87. The van der Waals surface area contributed by atoms with Crippen LogP contribution in [0.25, 0.3) is 0 Å². The average molecular weight is 292 g/mol. The maximum atomic E-state index is 12.2. The van der Waals surface area contributed by atoms with Gasteiger partial charge in [-0.3, -0.25) is 9.59 Å². The zero-order valence-corrected chi connectivity index (χ0v) is 11.9. The van der Waals surface area contributed by atoms with Gasteiger partial charge >= 0.3 is 5.97 Å². The van der Waals surface area contributed by atoms with E-state index in [0.29, 0.717) is 0 Å². The largest absolute Gasteiger partial charge is 0.481 e. The van der Waals surface area contributed by atoms with E-state index >= 15 is 0 Å². The summed E-state index contributed by atoms with van der Waals surface area (Å²) in [4.78, 5) is 24.2. The molecule has 1 fully saturated rings. The molecular weight excluding hydrogens is 272 g/mol. The van der Waals surface area contributed by atoms with Crippen LogP contribution in [0.15, 0.2) is 0 Å². The number of nitrogens with two attached hydrogens (primary N) is 1. The number of nitrogens with zero attached hydrogens (tertiary/aromatic N) is 1. The molecule has 110 valence electrons. The molecule has 0 aliphatic carbocycles. The fraction of sp³-hybridized carbons (Fsp3) is 0.818. The molecule has 0 aromatic heterocycles. The molecule has 19 heavy (non-hydrogen) atoms. The second-order valence-electron chi connectivity index (χ2n) is 5.17. The summed E-state index contributed by atoms with van der Waals surface area (Å²) in [6.07, 6.45) is -0.379. The van der Waals surface area contributed by atoms with E-state index in [9.17, 15) is 18.0 Å². The lowest BCUT2D eigenvalue weighted by Gasteiger charge is -2.36. The molecule has 7 nitrogen and oxygen atoms in total. The minimum atomic E-state index is -3.29. The fourth-order valence-corrected chi connectivity index (χ4v) is 3.55. The summed E-state index contributed by atoms with van der Waals surface area (Å²) in [5.74, 6) is -2.04. The molecule has 1 aliphatic heterocycles. The van der Waals surface area contributed by atoms with Crippen LogP contribution in [0, 0.1) is 5.92 Å². The molecule has 0 aromatic carbocycles. The van der Waals surface area contributed by atoms with E-state index in [2.05, 4.69) is 0 Å². The standard InChI is InChI=1S/C11H20N2O5S/c1-7(2)10(12)11(16)13-3-4-19(17,18)6-8(13)5-9(14)15/h7-8,10H,3-6,12H2,1-2H3,(H,14,15)/t8?,10-/m1/s1. The van der Waals surface area contributed by atoms with Crippen LogP contribution in [0.2, 0.25) is 0 Å². The molecule has 0 aromatic rings. The highest BCUT2D eigenvalue weighted by atomic mass is 32.2. The third kappa shape index (κ3) is 4.17. The van der Waals surface area contributed by atoms with Crippen LogP contribution in [0.4, 0.5) is 0 Å². The normalized spacial score (nSPS) is 24.2. The molecule has 1 rings (SSSR count). The van der Waals surface area contributed by atoms with Crippen molar-refractivity contribution in [2.45, 2.75) is 32.4 Å². The van der Waals surface area contributed by atoms with Gasteiger partial charge in [-0.25, -0.2) is 8.42 Å². The first-order valence-corrected chi connectivity index (χ1v) is 7.94. The van der Waals surface area contributed by atoms with Gasteiger partial charge in [-0.15, -0.1) is 0 Å². The van der Waals surface area contributed by atoms with E-state index in [0.717, 1.165) is 0 Å². The van der Waals surface area contributed by atoms with Gasteiger partial charge < -0.3 is 15.7 Å². The van der Waals surface area contributed by atoms with Gasteiger partial charge in [0.25, 0.3) is 0 Å². The molecule has 0 spiro atoms. The van der Waals surface area contributed by atoms with Crippen molar-refractivity contribution < 1.29 is 23.1 Å². The number of carbonyl (C=O) groups excluding carboxylic acids is 1. The topological polar surface area (TPSA) is 118 Å². The number of carboxylic acid groups (broad SMARTS) is 1. The van der Waals surface area contributed by atoms with Gasteiger partial charge in [0.05, 0.1) is 30.0 Å². The molecule has 8 heteroatoms. The lowest BCUT2D eigenvalue weighted by atomic mass is 10.0. The number of aliphatic carboxylic acids is 1. The molecule has 1 amide bonds. The third-order valence-electron chi connectivity index (χ3n) is 3.23. The Morgan fingerprint density at radius 2 is 2.00 bits per heavy atom. The highest BCUT2D eigenvalue weighted by molar-refractivity contribution is 7.91. The summed E-state index contributed by atoms with van der Waals surface area (Å²) in [6.45, 7) is 3.59. The number of amides is 1. The SMILES string of the molecule is CC(C)[C@@H](N)C(=O)N1CCS(=O)(=O)CC1CC(=O)O. The Morgan fingerprint density at radius 1 is 1.42 bits per heavy atom. The van der Waals surface area contributed by atoms with Crippen molar-refractivity contribution in [3.63, 3.8) is 0 Å². The Labute approximate surface area is 112 Å². The van der Waals surface area contributed by atoms with Crippen LogP contribution in [-0.4, -0.2) is 60.4 Å². The van der Waals surface area contributed by atoms with Crippen LogP contribution < -0.4 is 5.73 Å². The Hall–Kier alpha value is -1.15. The van der Waals surface area contributed by atoms with Crippen molar-refractivity contribution in [1.82, 2.24) is 4.90 Å². The van der Waals surface area contributed by atoms with Crippen LogP contribution in [-0.2, 0) is 19.4 Å². The molecule has 1 unspecified atom stereocenters. The molecule has 0 saturated carbocycles. The highest BCUT2D eigenvalue weighted by Crippen LogP contribution is 2.17. The van der Waals surface area contributed by atoms with Crippen LogP contribution in [0.1, 0.15) is 20.3 Å². The number of rotatable bonds is 4. The number of carboxylic acids is 1. The number of carbonyl (C=O) groups is 2. The summed E-state index contributed by atoms with van der Waals surface area (Å²) >= 11 is 0. The minimum absolute atomic E-state index is 0.0134. The van der Waals surface area contributed by atoms with Crippen molar-refractivity contribution in [2.24, 2.45) is 11.7 Å². The first-order chi connectivity index (χ1) is 8.64. The van der Waals surface area contributed by atoms with Crippen molar-refractivity contribution in [1.29, 1.82) is 0 Å². The molecule has 3 N–H and O–H groups in total. The smallest absolute Gasteiger partial charge is 0.305 e. The Bertz CT molecular complexity index is 460. The van der Waals surface area contributed by atoms with Crippen LogP contribution in [0.3, 0.4) is 0 Å². The number of hydrogen-bond acceptors (Lipinski definition) is 5. The predicted molar refractivity (Wildman–Crippen MR) is 69.2 cm³/mol. The summed E-state index contributed by atoms with van der Waals surface area (Å²) < 4.78 is 23.1. The summed E-state index contributed by atoms with van der Waals surface area (Å²) in [5.41, 5.74) is 5.76. The average Bonchev–Trinajstić information content (AvgIpc) is 2.25. The first kappa shape index (κ1) is 15.9. The van der Waals surface area contributed by atoms with Gasteiger partial charge in [-0.1, -0.05) is 13.8 Å². The van der Waals surface area contributed by atoms with E-state index in [1.165, 1.54) is 4.90 Å². The van der Waals surface area contributed by atoms with Crippen LogP contribution in [0.5, 0.6) is 0 Å². The number of hydrogen-bond donors (Lipinski definition) is 2. The summed E-state index contributed by atoms with van der Waals surface area (Å²) in [6, 6.07) is -1.56.